The van der Waals surface area contributed by atoms with E-state index >= 15 is 0 Å². The molecule has 0 saturated carbocycles. The van der Waals surface area contributed by atoms with Crippen molar-refractivity contribution in [2.75, 3.05) is 7.11 Å². The van der Waals surface area contributed by atoms with E-state index in [0.29, 0.717) is 0 Å². The fourth-order valence-electron chi connectivity index (χ4n) is 1.31. The molecule has 0 aliphatic carbocycles. The van der Waals surface area contributed by atoms with Gasteiger partial charge in [0.15, 0.2) is 11.5 Å². The lowest BCUT2D eigenvalue weighted by Gasteiger charge is -1.91. The standard InChI is InChI=1S/C8H8O4.C6H4O5/c1-5(9)6-3-4-7(12-6)8(10)11-2;7-5(8)3-1-2-4(11-3)6(9)10/h3-4H,1-2H3;1-2H,(H,7,8)(H,9,10). The van der Waals surface area contributed by atoms with Crippen molar-refractivity contribution in [2.24, 2.45) is 0 Å². The summed E-state index contributed by atoms with van der Waals surface area (Å²) >= 11 is 0. The molecule has 0 unspecified atom stereocenters. The molecule has 0 aromatic carbocycles. The average Bonchev–Trinajstić information content (AvgIpc) is 3.16. The van der Waals surface area contributed by atoms with Crippen LogP contribution in [-0.4, -0.2) is 41.0 Å². The highest BCUT2D eigenvalue weighted by atomic mass is 16.5. The highest BCUT2D eigenvalue weighted by Crippen LogP contribution is 2.09. The minimum Gasteiger partial charge on any atom is -0.475 e. The molecule has 2 heterocycles. The Hall–Kier alpha value is -3.36. The summed E-state index contributed by atoms with van der Waals surface area (Å²) in [5, 5.41) is 16.6. The van der Waals surface area contributed by atoms with E-state index in [1.165, 1.54) is 26.2 Å². The second-order valence-corrected chi connectivity index (χ2v) is 3.99. The van der Waals surface area contributed by atoms with Crippen molar-refractivity contribution >= 4 is 23.7 Å². The van der Waals surface area contributed by atoms with Gasteiger partial charge in [-0.1, -0.05) is 0 Å². The minimum absolute atomic E-state index is 0.0442. The van der Waals surface area contributed by atoms with Gasteiger partial charge in [0.1, 0.15) is 0 Å². The van der Waals surface area contributed by atoms with Gasteiger partial charge in [0.05, 0.1) is 7.11 Å². The number of ketones is 1. The molecular weight excluding hydrogens is 312 g/mol. The Labute approximate surface area is 129 Å². The molecule has 0 spiro atoms. The zero-order chi connectivity index (χ0) is 17.6. The van der Waals surface area contributed by atoms with E-state index in [1.54, 1.807) is 0 Å². The summed E-state index contributed by atoms with van der Waals surface area (Å²) in [4.78, 5) is 41.8. The van der Waals surface area contributed by atoms with Crippen LogP contribution in [0, 0.1) is 0 Å². The van der Waals surface area contributed by atoms with E-state index in [1.807, 2.05) is 0 Å². The first-order chi connectivity index (χ1) is 10.8. The number of hydrogen-bond acceptors (Lipinski definition) is 7. The fraction of sp³-hybridized carbons (Fsp3) is 0.143. The SMILES string of the molecule is COC(=O)c1ccc(C(C)=O)o1.O=C(O)c1ccc(C(=O)O)o1. The van der Waals surface area contributed by atoms with Crippen LogP contribution in [0.15, 0.2) is 33.1 Å². The van der Waals surface area contributed by atoms with Crippen molar-refractivity contribution in [3.05, 3.63) is 47.3 Å². The van der Waals surface area contributed by atoms with E-state index in [0.717, 1.165) is 12.1 Å². The minimum atomic E-state index is -1.28. The van der Waals surface area contributed by atoms with Crippen LogP contribution in [0.25, 0.3) is 0 Å². The maximum atomic E-state index is 10.8. The van der Waals surface area contributed by atoms with Crippen LogP contribution in [0.2, 0.25) is 0 Å². The number of methoxy groups -OCH3 is 1. The van der Waals surface area contributed by atoms with E-state index in [-0.39, 0.29) is 28.8 Å². The molecule has 0 bridgehead atoms. The van der Waals surface area contributed by atoms with Crippen LogP contribution in [0.5, 0.6) is 0 Å². The lowest BCUT2D eigenvalue weighted by Crippen LogP contribution is -1.98. The van der Waals surface area contributed by atoms with Crippen LogP contribution in [-0.2, 0) is 4.74 Å². The van der Waals surface area contributed by atoms with Crippen molar-refractivity contribution < 1.29 is 43.0 Å². The topological polar surface area (TPSA) is 144 Å². The average molecular weight is 324 g/mol. The Morgan fingerprint density at radius 3 is 1.52 bits per heavy atom. The predicted octanol–water partition coefficient (Wildman–Crippen LogP) is 1.94. The number of rotatable bonds is 4. The molecule has 23 heavy (non-hydrogen) atoms. The van der Waals surface area contributed by atoms with Crippen molar-refractivity contribution in [1.29, 1.82) is 0 Å². The Balaban J connectivity index is 0.000000231. The Morgan fingerprint density at radius 1 is 0.826 bits per heavy atom. The normalized spacial score (nSPS) is 9.48. The van der Waals surface area contributed by atoms with E-state index < -0.39 is 17.9 Å². The van der Waals surface area contributed by atoms with Crippen molar-refractivity contribution in [3.63, 3.8) is 0 Å². The van der Waals surface area contributed by atoms with Crippen LogP contribution in [0.1, 0.15) is 49.1 Å². The molecule has 0 saturated heterocycles. The molecule has 0 aliphatic heterocycles. The molecule has 0 amide bonds. The number of carbonyl (C=O) groups excluding carboxylic acids is 2. The number of hydrogen-bond donors (Lipinski definition) is 2. The molecule has 2 N–H and O–H groups in total. The summed E-state index contributed by atoms with van der Waals surface area (Å²) in [6.45, 7) is 1.36. The number of ether oxygens (including phenoxy) is 1. The maximum Gasteiger partial charge on any atom is 0.373 e. The summed E-state index contributed by atoms with van der Waals surface area (Å²) in [5.41, 5.74) is 0. The molecule has 0 atom stereocenters. The highest BCUT2D eigenvalue weighted by Gasteiger charge is 2.13. The number of carboxylic acid groups (broad SMARTS) is 2. The van der Waals surface area contributed by atoms with Gasteiger partial charge in [-0.15, -0.1) is 0 Å². The zero-order valence-electron chi connectivity index (χ0n) is 12.1. The monoisotopic (exact) mass is 324 g/mol. The van der Waals surface area contributed by atoms with Crippen LogP contribution < -0.4 is 0 Å². The Bertz CT molecular complexity index is 707. The van der Waals surface area contributed by atoms with Gasteiger partial charge in [0.2, 0.25) is 17.3 Å². The summed E-state index contributed by atoms with van der Waals surface area (Å²) in [6.07, 6.45) is 0. The maximum absolute atomic E-state index is 10.8. The second kappa shape index (κ2) is 7.59. The Kier molecular flexibility index (Phi) is 5.84. The molecule has 2 aromatic rings. The van der Waals surface area contributed by atoms with Crippen LogP contribution in [0.4, 0.5) is 0 Å². The first-order valence-corrected chi connectivity index (χ1v) is 6.01. The van der Waals surface area contributed by atoms with Gasteiger partial charge in [0.25, 0.3) is 0 Å². The number of esters is 1. The molecule has 2 aromatic heterocycles. The lowest BCUT2D eigenvalue weighted by molar-refractivity contribution is 0.0561. The smallest absolute Gasteiger partial charge is 0.373 e. The lowest BCUT2D eigenvalue weighted by atomic mass is 10.3. The molecule has 2 rings (SSSR count). The third-order valence-corrected chi connectivity index (χ3v) is 2.37. The van der Waals surface area contributed by atoms with Gasteiger partial charge in [-0.05, 0) is 24.3 Å². The highest BCUT2D eigenvalue weighted by molar-refractivity contribution is 5.93. The summed E-state index contributed by atoms with van der Waals surface area (Å²) < 4.78 is 13.7. The van der Waals surface area contributed by atoms with Crippen molar-refractivity contribution in [2.45, 2.75) is 6.92 Å². The van der Waals surface area contributed by atoms with Gasteiger partial charge in [-0.25, -0.2) is 14.4 Å². The summed E-state index contributed by atoms with van der Waals surface area (Å²) in [7, 11) is 1.25. The molecule has 0 radical (unpaired) electrons. The second-order valence-electron chi connectivity index (χ2n) is 3.99. The fourth-order valence-corrected chi connectivity index (χ4v) is 1.31. The number of furan rings is 2. The van der Waals surface area contributed by atoms with Gasteiger partial charge < -0.3 is 23.8 Å². The van der Waals surface area contributed by atoms with Crippen LogP contribution >= 0.6 is 0 Å². The first-order valence-electron chi connectivity index (χ1n) is 6.01. The summed E-state index contributed by atoms with van der Waals surface area (Å²) in [6, 6.07) is 5.02. The first kappa shape index (κ1) is 17.7. The van der Waals surface area contributed by atoms with E-state index in [4.69, 9.17) is 14.6 Å². The predicted molar refractivity (Wildman–Crippen MR) is 72.7 cm³/mol. The van der Waals surface area contributed by atoms with Gasteiger partial charge >= 0.3 is 17.9 Å². The molecule has 9 heteroatoms. The van der Waals surface area contributed by atoms with E-state index in [9.17, 15) is 19.2 Å². The largest absolute Gasteiger partial charge is 0.475 e. The molecular formula is C14H12O9. The van der Waals surface area contributed by atoms with Crippen LogP contribution in [0.3, 0.4) is 0 Å². The quantitative estimate of drug-likeness (QED) is 0.636. The molecule has 0 fully saturated rings. The van der Waals surface area contributed by atoms with E-state index in [2.05, 4.69) is 9.15 Å². The third kappa shape index (κ3) is 4.84. The van der Waals surface area contributed by atoms with Gasteiger partial charge in [-0.2, -0.15) is 0 Å². The zero-order valence-corrected chi connectivity index (χ0v) is 12.1. The Morgan fingerprint density at radius 2 is 1.22 bits per heavy atom. The van der Waals surface area contributed by atoms with Gasteiger partial charge in [-0.3, -0.25) is 4.79 Å². The number of carboxylic acids is 2. The number of carbonyl (C=O) groups is 4. The third-order valence-electron chi connectivity index (χ3n) is 2.37. The molecule has 0 aliphatic rings. The van der Waals surface area contributed by atoms with Crippen molar-refractivity contribution in [3.8, 4) is 0 Å². The molecule has 122 valence electrons. The molecule has 9 nitrogen and oxygen atoms in total. The number of Topliss-reactive ketones (excluding diaryl/α,β-unsaturated/α-hetero) is 1. The summed E-state index contributed by atoms with van der Waals surface area (Å²) in [5.74, 6) is -3.90. The number of aromatic carboxylic acids is 2. The van der Waals surface area contributed by atoms with Crippen molar-refractivity contribution in [1.82, 2.24) is 0 Å². The van der Waals surface area contributed by atoms with Gasteiger partial charge in [0, 0.05) is 6.92 Å².